The highest BCUT2D eigenvalue weighted by Gasteiger charge is 2.36. The summed E-state index contributed by atoms with van der Waals surface area (Å²) >= 11 is 0. The van der Waals surface area contributed by atoms with Crippen molar-refractivity contribution in [2.45, 2.75) is 38.3 Å². The number of aryl methyl sites for hydroxylation is 1. The average molecular weight is 368 g/mol. The third-order valence-corrected chi connectivity index (χ3v) is 5.38. The summed E-state index contributed by atoms with van der Waals surface area (Å²) in [5.74, 6) is 0.727. The first kappa shape index (κ1) is 17.7. The Morgan fingerprint density at radius 1 is 1.27 bits per heavy atom. The van der Waals surface area contributed by atoms with E-state index in [9.17, 15) is 13.2 Å². The van der Waals surface area contributed by atoms with Gasteiger partial charge in [0.25, 0.3) is 0 Å². The Hall–Kier alpha value is -1.67. The predicted molar refractivity (Wildman–Crippen MR) is 90.1 cm³/mol. The highest BCUT2D eigenvalue weighted by molar-refractivity contribution is 5.43. The number of rotatable bonds is 4. The molecule has 2 fully saturated rings. The molecule has 26 heavy (non-hydrogen) atoms. The van der Waals surface area contributed by atoms with Crippen molar-refractivity contribution in [3.8, 4) is 0 Å². The van der Waals surface area contributed by atoms with Crippen LogP contribution in [0.1, 0.15) is 42.8 Å². The Labute approximate surface area is 150 Å². The molecule has 4 rings (SSSR count). The fourth-order valence-corrected chi connectivity index (χ4v) is 3.96. The first-order valence-corrected chi connectivity index (χ1v) is 9.21. The molecule has 8 heteroatoms. The third kappa shape index (κ3) is 3.44. The number of hydrogen-bond donors (Lipinski definition) is 0. The molecule has 4 heterocycles. The second kappa shape index (κ2) is 6.81. The number of nitrogens with zero attached hydrogens (tertiary/aromatic N) is 4. The molecule has 2 aromatic rings. The van der Waals surface area contributed by atoms with E-state index in [-0.39, 0.29) is 11.6 Å². The molecule has 2 saturated heterocycles. The van der Waals surface area contributed by atoms with Crippen molar-refractivity contribution in [2.24, 2.45) is 5.92 Å². The topological polar surface area (TPSA) is 42.7 Å². The summed E-state index contributed by atoms with van der Waals surface area (Å²) in [7, 11) is 0. The lowest BCUT2D eigenvalue weighted by Gasteiger charge is -2.18. The van der Waals surface area contributed by atoms with E-state index in [1.54, 1.807) is 13.0 Å². The minimum atomic E-state index is -4.45. The van der Waals surface area contributed by atoms with E-state index in [0.717, 1.165) is 56.3 Å². The van der Waals surface area contributed by atoms with Crippen LogP contribution in [-0.4, -0.2) is 52.3 Å². The molecule has 2 atom stereocenters. The Kier molecular flexibility index (Phi) is 4.64. The van der Waals surface area contributed by atoms with Crippen molar-refractivity contribution < 1.29 is 17.9 Å². The molecule has 5 nitrogen and oxygen atoms in total. The number of likely N-dealkylation sites (tertiary alicyclic amines) is 1. The van der Waals surface area contributed by atoms with Crippen LogP contribution in [0, 0.1) is 5.92 Å². The van der Waals surface area contributed by atoms with Crippen LogP contribution in [0.15, 0.2) is 12.1 Å². The summed E-state index contributed by atoms with van der Waals surface area (Å²) in [5, 5.41) is 4.29. The minimum Gasteiger partial charge on any atom is -0.381 e. The Morgan fingerprint density at radius 2 is 2.12 bits per heavy atom. The van der Waals surface area contributed by atoms with Gasteiger partial charge in [-0.25, -0.2) is 9.50 Å². The fraction of sp³-hybridized carbons (Fsp3) is 0.667. The Bertz CT molecular complexity index is 783. The maximum Gasteiger partial charge on any atom is 0.433 e. The molecule has 0 saturated carbocycles. The highest BCUT2D eigenvalue weighted by atomic mass is 19.4. The summed E-state index contributed by atoms with van der Waals surface area (Å²) in [6.45, 7) is 6.24. The van der Waals surface area contributed by atoms with E-state index < -0.39 is 11.9 Å². The number of hydrogen-bond acceptors (Lipinski definition) is 4. The Morgan fingerprint density at radius 3 is 2.81 bits per heavy atom. The van der Waals surface area contributed by atoms with E-state index in [4.69, 9.17) is 4.74 Å². The molecule has 0 spiro atoms. The molecule has 0 radical (unpaired) electrons. The molecule has 0 amide bonds. The van der Waals surface area contributed by atoms with Crippen molar-refractivity contribution in [1.29, 1.82) is 0 Å². The van der Waals surface area contributed by atoms with Gasteiger partial charge in [-0.15, -0.1) is 0 Å². The lowest BCUT2D eigenvalue weighted by atomic mass is 10.1. The van der Waals surface area contributed by atoms with Crippen LogP contribution in [0.5, 0.6) is 0 Å². The van der Waals surface area contributed by atoms with Gasteiger partial charge in [0.2, 0.25) is 0 Å². The van der Waals surface area contributed by atoms with Crippen LogP contribution >= 0.6 is 0 Å². The van der Waals surface area contributed by atoms with Crippen LogP contribution in [0.25, 0.3) is 5.65 Å². The van der Waals surface area contributed by atoms with E-state index in [1.165, 1.54) is 0 Å². The molecule has 2 unspecified atom stereocenters. The summed E-state index contributed by atoms with van der Waals surface area (Å²) in [4.78, 5) is 6.71. The quantitative estimate of drug-likeness (QED) is 0.832. The zero-order valence-electron chi connectivity index (χ0n) is 14.8. The lowest BCUT2D eigenvalue weighted by Crippen LogP contribution is -2.27. The average Bonchev–Trinajstić information content (AvgIpc) is 3.33. The van der Waals surface area contributed by atoms with Gasteiger partial charge in [0.05, 0.1) is 12.3 Å². The van der Waals surface area contributed by atoms with Gasteiger partial charge in [-0.3, -0.25) is 0 Å². The zero-order chi connectivity index (χ0) is 18.3. The summed E-state index contributed by atoms with van der Waals surface area (Å²) in [6, 6.07) is 2.83. The van der Waals surface area contributed by atoms with Crippen LogP contribution in [0.2, 0.25) is 0 Å². The summed E-state index contributed by atoms with van der Waals surface area (Å²) < 4.78 is 46.6. The highest BCUT2D eigenvalue weighted by Crippen LogP contribution is 2.32. The standard InChI is InChI=1S/C18H23F3N4O/c1-2-14-7-16(18(19,20)21)25-17(22-14)8-15(23-25)13-3-5-24(10-13)9-12-4-6-26-11-12/h7-8,12-13H,2-6,9-11H2,1H3. The largest absolute Gasteiger partial charge is 0.433 e. The summed E-state index contributed by atoms with van der Waals surface area (Å²) in [6.07, 6.45) is -1.98. The number of ether oxygens (including phenoxy) is 1. The first-order chi connectivity index (χ1) is 12.4. The Balaban J connectivity index is 1.57. The first-order valence-electron chi connectivity index (χ1n) is 9.21. The second-order valence-corrected chi connectivity index (χ2v) is 7.30. The van der Waals surface area contributed by atoms with E-state index in [2.05, 4.69) is 15.0 Å². The normalized spacial score (nSPS) is 24.8. The molecule has 0 N–H and O–H groups in total. The van der Waals surface area contributed by atoms with Crippen LogP contribution in [-0.2, 0) is 17.3 Å². The van der Waals surface area contributed by atoms with Gasteiger partial charge in [0.1, 0.15) is 5.69 Å². The van der Waals surface area contributed by atoms with Crippen molar-refractivity contribution >= 4 is 5.65 Å². The molecule has 0 aliphatic carbocycles. The van der Waals surface area contributed by atoms with Gasteiger partial charge in [-0.05, 0) is 37.8 Å². The van der Waals surface area contributed by atoms with Gasteiger partial charge in [0, 0.05) is 37.4 Å². The van der Waals surface area contributed by atoms with Crippen LogP contribution < -0.4 is 0 Å². The smallest absolute Gasteiger partial charge is 0.381 e. The molecule has 2 aliphatic heterocycles. The minimum absolute atomic E-state index is 0.158. The molecule has 0 aromatic carbocycles. The van der Waals surface area contributed by atoms with Crippen molar-refractivity contribution in [2.75, 3.05) is 32.8 Å². The zero-order valence-corrected chi connectivity index (χ0v) is 14.8. The fourth-order valence-electron chi connectivity index (χ4n) is 3.96. The molecule has 0 bridgehead atoms. The van der Waals surface area contributed by atoms with Gasteiger partial charge >= 0.3 is 6.18 Å². The maximum atomic E-state index is 13.4. The van der Waals surface area contributed by atoms with Crippen molar-refractivity contribution in [3.63, 3.8) is 0 Å². The number of alkyl halides is 3. The van der Waals surface area contributed by atoms with Gasteiger partial charge in [-0.2, -0.15) is 18.3 Å². The predicted octanol–water partition coefficient (Wildman–Crippen LogP) is 3.14. The number of aromatic nitrogens is 3. The van der Waals surface area contributed by atoms with E-state index in [0.29, 0.717) is 23.7 Å². The van der Waals surface area contributed by atoms with Crippen molar-refractivity contribution in [3.05, 3.63) is 29.2 Å². The van der Waals surface area contributed by atoms with Crippen LogP contribution in [0.3, 0.4) is 0 Å². The monoisotopic (exact) mass is 368 g/mol. The lowest BCUT2D eigenvalue weighted by molar-refractivity contribution is -0.142. The maximum absolute atomic E-state index is 13.4. The SMILES string of the molecule is CCc1cc(C(F)(F)F)n2nc(C3CCN(CC4CCOC4)C3)cc2n1. The third-order valence-electron chi connectivity index (χ3n) is 5.38. The molecule has 2 aromatic heterocycles. The van der Waals surface area contributed by atoms with E-state index in [1.807, 2.05) is 0 Å². The molecule has 2 aliphatic rings. The van der Waals surface area contributed by atoms with Gasteiger partial charge in [0.15, 0.2) is 5.65 Å². The molecular weight excluding hydrogens is 345 g/mol. The molecular formula is C18H23F3N4O. The number of halogens is 3. The van der Waals surface area contributed by atoms with Gasteiger partial charge in [-0.1, -0.05) is 6.92 Å². The number of fused-ring (bicyclic) bond motifs is 1. The van der Waals surface area contributed by atoms with E-state index >= 15 is 0 Å². The second-order valence-electron chi connectivity index (χ2n) is 7.30. The molecule has 142 valence electrons. The van der Waals surface area contributed by atoms with Gasteiger partial charge < -0.3 is 9.64 Å². The van der Waals surface area contributed by atoms with Crippen LogP contribution in [0.4, 0.5) is 13.2 Å². The summed E-state index contributed by atoms with van der Waals surface area (Å²) in [5.41, 5.74) is 0.685. The van der Waals surface area contributed by atoms with Crippen molar-refractivity contribution in [1.82, 2.24) is 19.5 Å².